The molecule has 1 saturated carbocycles. The molecule has 1 aromatic carbocycles. The van der Waals surface area contributed by atoms with Gasteiger partial charge in [-0.2, -0.15) is 0 Å². The molecule has 0 bridgehead atoms. The molecule has 0 amide bonds. The minimum Gasteiger partial charge on any atom is -0.465 e. The second kappa shape index (κ2) is 8.74. The molecule has 1 N–H and O–H groups in total. The van der Waals surface area contributed by atoms with Gasteiger partial charge in [-0.15, -0.1) is 0 Å². The van der Waals surface area contributed by atoms with E-state index in [1.165, 1.54) is 20.0 Å². The molecule has 1 saturated heterocycles. The SMILES string of the molecule is COC(=O)c1cccc(-n2cccc2[C@H]2[C@H](c3ccccn3)NC(=S)N2C2CCCC2)c1. The van der Waals surface area contributed by atoms with Crippen LogP contribution in [0.2, 0.25) is 0 Å². The largest absolute Gasteiger partial charge is 0.465 e. The van der Waals surface area contributed by atoms with E-state index in [0.29, 0.717) is 11.6 Å². The Morgan fingerprint density at radius 2 is 1.97 bits per heavy atom. The average molecular weight is 447 g/mol. The molecule has 0 unspecified atom stereocenters. The molecular weight excluding hydrogens is 420 g/mol. The van der Waals surface area contributed by atoms with Crippen molar-refractivity contribution in [2.24, 2.45) is 0 Å². The number of aromatic nitrogens is 2. The standard InChI is InChI=1S/C25H26N4O2S/c1-31-24(30)17-8-6-11-19(16-17)28-15-7-13-21(28)23-22(20-12-4-5-14-26-20)27-25(32)29(23)18-9-2-3-10-18/h4-8,11-16,18,22-23H,2-3,9-10H2,1H3,(H,27,32)/t22-,23-/m0/s1. The molecule has 164 valence electrons. The molecule has 2 atom stereocenters. The van der Waals surface area contributed by atoms with Crippen LogP contribution in [-0.4, -0.2) is 38.7 Å². The molecular formula is C25H26N4O2S. The molecule has 7 heteroatoms. The van der Waals surface area contributed by atoms with Gasteiger partial charge in [0, 0.05) is 29.8 Å². The summed E-state index contributed by atoms with van der Waals surface area (Å²) in [6.45, 7) is 0. The van der Waals surface area contributed by atoms with Crippen LogP contribution in [0.25, 0.3) is 5.69 Å². The van der Waals surface area contributed by atoms with Crippen molar-refractivity contribution in [3.63, 3.8) is 0 Å². The predicted molar refractivity (Wildman–Crippen MR) is 127 cm³/mol. The Bertz CT molecular complexity index is 1120. The summed E-state index contributed by atoms with van der Waals surface area (Å²) in [5.74, 6) is -0.344. The highest BCUT2D eigenvalue weighted by atomic mass is 32.1. The Labute approximate surface area is 193 Å². The molecule has 1 aliphatic carbocycles. The Hall–Kier alpha value is -3.19. The fraction of sp³-hybridized carbons (Fsp3) is 0.320. The van der Waals surface area contributed by atoms with E-state index < -0.39 is 0 Å². The smallest absolute Gasteiger partial charge is 0.337 e. The van der Waals surface area contributed by atoms with E-state index in [1.54, 1.807) is 6.07 Å². The maximum atomic E-state index is 12.1. The minimum absolute atomic E-state index is 0.00252. The normalized spacial score (nSPS) is 21.0. The van der Waals surface area contributed by atoms with Gasteiger partial charge >= 0.3 is 5.97 Å². The van der Waals surface area contributed by atoms with E-state index in [-0.39, 0.29) is 18.1 Å². The van der Waals surface area contributed by atoms with Crippen LogP contribution >= 0.6 is 12.2 Å². The number of ether oxygens (including phenoxy) is 1. The van der Waals surface area contributed by atoms with Crippen LogP contribution in [0.4, 0.5) is 0 Å². The molecule has 2 fully saturated rings. The van der Waals surface area contributed by atoms with Gasteiger partial charge in [-0.1, -0.05) is 25.0 Å². The predicted octanol–water partition coefficient (Wildman–Crippen LogP) is 4.57. The monoisotopic (exact) mass is 446 g/mol. The third-order valence-corrected chi connectivity index (χ3v) is 6.81. The fourth-order valence-electron chi connectivity index (χ4n) is 5.03. The fourth-order valence-corrected chi connectivity index (χ4v) is 5.42. The zero-order valence-electron chi connectivity index (χ0n) is 18.0. The maximum absolute atomic E-state index is 12.1. The lowest BCUT2D eigenvalue weighted by Crippen LogP contribution is -2.38. The summed E-state index contributed by atoms with van der Waals surface area (Å²) in [4.78, 5) is 19.1. The first-order valence-corrected chi connectivity index (χ1v) is 11.4. The first-order chi connectivity index (χ1) is 15.7. The van der Waals surface area contributed by atoms with Crippen molar-refractivity contribution in [1.29, 1.82) is 0 Å². The third-order valence-electron chi connectivity index (χ3n) is 6.48. The molecule has 3 heterocycles. The van der Waals surface area contributed by atoms with Crippen LogP contribution in [0.1, 0.15) is 59.5 Å². The van der Waals surface area contributed by atoms with E-state index in [9.17, 15) is 4.79 Å². The van der Waals surface area contributed by atoms with Gasteiger partial charge in [-0.05, 0) is 67.5 Å². The van der Waals surface area contributed by atoms with Gasteiger partial charge in [0.05, 0.1) is 30.5 Å². The van der Waals surface area contributed by atoms with Crippen LogP contribution in [0.5, 0.6) is 0 Å². The number of nitrogens with one attached hydrogen (secondary N) is 1. The summed E-state index contributed by atoms with van der Waals surface area (Å²) in [6.07, 6.45) is 8.61. The average Bonchev–Trinajstić information content (AvgIpc) is 3.58. The number of benzene rings is 1. The Balaban J connectivity index is 1.60. The van der Waals surface area contributed by atoms with Crippen LogP contribution in [0.15, 0.2) is 67.0 Å². The van der Waals surface area contributed by atoms with Crippen LogP contribution in [0, 0.1) is 0 Å². The van der Waals surface area contributed by atoms with Crippen molar-refractivity contribution in [2.75, 3.05) is 7.11 Å². The minimum atomic E-state index is -0.344. The number of pyridine rings is 1. The van der Waals surface area contributed by atoms with Gasteiger partial charge in [0.15, 0.2) is 5.11 Å². The number of carbonyl (C=O) groups is 1. The van der Waals surface area contributed by atoms with E-state index in [0.717, 1.165) is 35.0 Å². The molecule has 2 aliphatic rings. The molecule has 0 radical (unpaired) electrons. The Morgan fingerprint density at radius 1 is 1.12 bits per heavy atom. The lowest BCUT2D eigenvalue weighted by Gasteiger charge is -2.33. The number of hydrogen-bond donors (Lipinski definition) is 1. The van der Waals surface area contributed by atoms with Gasteiger partial charge in [-0.3, -0.25) is 4.98 Å². The zero-order chi connectivity index (χ0) is 22.1. The summed E-state index contributed by atoms with van der Waals surface area (Å²) < 4.78 is 7.06. The van der Waals surface area contributed by atoms with Gasteiger partial charge < -0.3 is 19.5 Å². The van der Waals surface area contributed by atoms with Crippen molar-refractivity contribution in [1.82, 2.24) is 19.8 Å². The quantitative estimate of drug-likeness (QED) is 0.458. The first kappa shape index (κ1) is 20.7. The van der Waals surface area contributed by atoms with E-state index in [2.05, 4.69) is 31.9 Å². The maximum Gasteiger partial charge on any atom is 0.337 e. The van der Waals surface area contributed by atoms with Crippen molar-refractivity contribution < 1.29 is 9.53 Å². The van der Waals surface area contributed by atoms with Crippen molar-refractivity contribution in [2.45, 2.75) is 43.8 Å². The summed E-state index contributed by atoms with van der Waals surface area (Å²) in [5.41, 5.74) is 3.52. The molecule has 0 spiro atoms. The van der Waals surface area contributed by atoms with Crippen molar-refractivity contribution >= 4 is 23.3 Å². The van der Waals surface area contributed by atoms with Gasteiger partial charge in [0.1, 0.15) is 0 Å². The lowest BCUT2D eigenvalue weighted by molar-refractivity contribution is 0.0600. The second-order valence-electron chi connectivity index (χ2n) is 8.32. The van der Waals surface area contributed by atoms with E-state index in [4.69, 9.17) is 17.0 Å². The number of nitrogens with zero attached hydrogens (tertiary/aromatic N) is 3. The second-order valence-corrected chi connectivity index (χ2v) is 8.70. The van der Waals surface area contributed by atoms with Crippen LogP contribution in [0.3, 0.4) is 0 Å². The van der Waals surface area contributed by atoms with Crippen LogP contribution in [-0.2, 0) is 4.74 Å². The first-order valence-electron chi connectivity index (χ1n) is 11.0. The van der Waals surface area contributed by atoms with Gasteiger partial charge in [-0.25, -0.2) is 4.79 Å². The van der Waals surface area contributed by atoms with Crippen molar-refractivity contribution in [3.05, 3.63) is 83.9 Å². The Kier molecular flexibility index (Phi) is 5.66. The van der Waals surface area contributed by atoms with Gasteiger partial charge in [0.25, 0.3) is 0 Å². The molecule has 1 aliphatic heterocycles. The topological polar surface area (TPSA) is 59.4 Å². The summed E-state index contributed by atoms with van der Waals surface area (Å²) >= 11 is 5.85. The molecule has 5 rings (SSSR count). The molecule has 6 nitrogen and oxygen atoms in total. The Morgan fingerprint density at radius 3 is 2.72 bits per heavy atom. The number of thiocarbonyl (C=S) groups is 1. The summed E-state index contributed by atoms with van der Waals surface area (Å²) in [7, 11) is 1.40. The highest BCUT2D eigenvalue weighted by molar-refractivity contribution is 7.80. The highest BCUT2D eigenvalue weighted by Gasteiger charge is 2.44. The number of esters is 1. The number of carbonyl (C=O) groups excluding carboxylic acids is 1. The van der Waals surface area contributed by atoms with Crippen molar-refractivity contribution in [3.8, 4) is 5.69 Å². The van der Waals surface area contributed by atoms with Crippen LogP contribution < -0.4 is 5.32 Å². The van der Waals surface area contributed by atoms with E-state index in [1.807, 2.05) is 48.8 Å². The third kappa shape index (κ3) is 3.66. The summed E-state index contributed by atoms with van der Waals surface area (Å²) in [5, 5.41) is 4.35. The zero-order valence-corrected chi connectivity index (χ0v) is 18.8. The van der Waals surface area contributed by atoms with Gasteiger partial charge in [0.2, 0.25) is 0 Å². The highest BCUT2D eigenvalue weighted by Crippen LogP contribution is 2.43. The molecule has 3 aromatic rings. The molecule has 2 aromatic heterocycles. The summed E-state index contributed by atoms with van der Waals surface area (Å²) in [6, 6.07) is 18.1. The van der Waals surface area contributed by atoms with E-state index >= 15 is 0 Å². The molecule has 32 heavy (non-hydrogen) atoms. The number of methoxy groups -OCH3 is 1. The number of hydrogen-bond acceptors (Lipinski definition) is 4. The number of rotatable bonds is 5. The lowest BCUT2D eigenvalue weighted by atomic mass is 9.99.